The lowest BCUT2D eigenvalue weighted by atomic mass is 9.66. The minimum absolute atomic E-state index is 0.116. The van der Waals surface area contributed by atoms with Crippen LogP contribution in [0.4, 0.5) is 0 Å². The Labute approximate surface area is 428 Å². The van der Waals surface area contributed by atoms with Gasteiger partial charge in [0.15, 0.2) is 28.8 Å². The van der Waals surface area contributed by atoms with Gasteiger partial charge >= 0.3 is 0 Å². The molecule has 3 fully saturated rings. The Bertz CT molecular complexity index is 2160. The summed E-state index contributed by atoms with van der Waals surface area (Å²) in [5.41, 5.74) is 32.8. The minimum atomic E-state index is -2.30. The third-order valence-electron chi connectivity index (χ3n) is 15.6. The summed E-state index contributed by atoms with van der Waals surface area (Å²) in [7, 11) is 1.72. The smallest absolute Gasteiger partial charge is 0.245 e. The van der Waals surface area contributed by atoms with E-state index < -0.39 is 65.2 Å². The zero-order chi connectivity index (χ0) is 51.5. The molecule has 392 valence electrons. The Morgan fingerprint density at radius 2 is 1.22 bits per heavy atom. The van der Waals surface area contributed by atoms with E-state index in [0.29, 0.717) is 70.0 Å². The van der Waals surface area contributed by atoms with E-state index in [0.717, 1.165) is 75.3 Å². The lowest BCUT2D eigenvalue weighted by Gasteiger charge is -2.41. The zero-order valence-corrected chi connectivity index (χ0v) is 42.7. The predicted molar refractivity (Wildman–Crippen MR) is 285 cm³/mol. The summed E-state index contributed by atoms with van der Waals surface area (Å²) < 4.78 is 0. The topological polar surface area (TPSA) is 267 Å². The average molecular weight is 989 g/mol. The van der Waals surface area contributed by atoms with Crippen LogP contribution in [-0.4, -0.2) is 102 Å². The van der Waals surface area contributed by atoms with Crippen molar-refractivity contribution in [3.05, 3.63) is 108 Å². The minimum Gasteiger partial charge on any atom is -0.370 e. The first kappa shape index (κ1) is 56.0. The van der Waals surface area contributed by atoms with Crippen molar-refractivity contribution >= 4 is 35.1 Å². The number of hydrogen-bond acceptors (Lipinski definition) is 11. The third-order valence-corrected chi connectivity index (χ3v) is 15.6. The van der Waals surface area contributed by atoms with E-state index in [2.05, 4.69) is 16.0 Å². The number of likely N-dealkylation sites (tertiary alicyclic amines) is 1. The molecule has 1 aliphatic heterocycles. The number of unbranched alkanes of at least 4 members (excludes halogenated alkanes) is 1. The Balaban J connectivity index is 1.41. The number of nitrogens with two attached hydrogens (primary N) is 5. The monoisotopic (exact) mass is 989 g/mol. The highest BCUT2D eigenvalue weighted by atomic mass is 16.2. The number of nitrogens with zero attached hydrogens (tertiary/aromatic N) is 2. The fourth-order valence-electron chi connectivity index (χ4n) is 11.8. The van der Waals surface area contributed by atoms with Crippen LogP contribution >= 0.6 is 0 Å². The predicted octanol–water partition coefficient (Wildman–Crippen LogP) is 5.07. The van der Waals surface area contributed by atoms with Gasteiger partial charge in [0, 0.05) is 19.0 Å². The van der Waals surface area contributed by atoms with Crippen molar-refractivity contribution < 1.29 is 24.0 Å². The maximum Gasteiger partial charge on any atom is 0.245 e. The van der Waals surface area contributed by atoms with Gasteiger partial charge in [-0.05, 0) is 99.9 Å². The lowest BCUT2D eigenvalue weighted by Crippen LogP contribution is -2.63. The first-order chi connectivity index (χ1) is 34.9. The number of aliphatic imine (C=N–C) groups is 1. The Kier molecular flexibility index (Phi) is 21.9. The van der Waals surface area contributed by atoms with Crippen molar-refractivity contribution in [2.75, 3.05) is 20.1 Å². The van der Waals surface area contributed by atoms with Gasteiger partial charge in [0.05, 0.1) is 30.2 Å². The summed E-state index contributed by atoms with van der Waals surface area (Å²) in [5, 5.41) is 9.72. The molecule has 0 spiro atoms. The Hall–Kier alpha value is -5.32. The van der Waals surface area contributed by atoms with Gasteiger partial charge in [-0.3, -0.25) is 24.0 Å². The highest BCUT2D eigenvalue weighted by Gasteiger charge is 2.57. The van der Waals surface area contributed by atoms with Crippen LogP contribution in [0.5, 0.6) is 0 Å². The molecule has 8 atom stereocenters. The summed E-state index contributed by atoms with van der Waals surface area (Å²) in [4.78, 5) is 82.6. The van der Waals surface area contributed by atoms with E-state index in [1.54, 1.807) is 11.9 Å². The van der Waals surface area contributed by atoms with E-state index in [4.69, 9.17) is 33.7 Å². The molecule has 3 unspecified atom stereocenters. The Morgan fingerprint density at radius 3 is 1.75 bits per heavy atom. The van der Waals surface area contributed by atoms with E-state index in [-0.39, 0.29) is 42.4 Å². The highest BCUT2D eigenvalue weighted by Crippen LogP contribution is 2.42. The molecule has 2 amide bonds. The lowest BCUT2D eigenvalue weighted by molar-refractivity contribution is -0.142. The van der Waals surface area contributed by atoms with Crippen molar-refractivity contribution in [1.29, 1.82) is 0 Å². The molecule has 3 aromatic carbocycles. The molecule has 0 aromatic heterocycles. The number of ketones is 3. The van der Waals surface area contributed by atoms with Gasteiger partial charge < -0.3 is 49.5 Å². The van der Waals surface area contributed by atoms with Crippen LogP contribution in [0.25, 0.3) is 0 Å². The van der Waals surface area contributed by atoms with Crippen LogP contribution in [0.2, 0.25) is 0 Å². The second kappa shape index (κ2) is 28.2. The van der Waals surface area contributed by atoms with E-state index >= 15 is 14.4 Å². The standard InChI is InChI=1S/C57H84N10O5/c1-63-49(36-41-24-11-4-12-25-41)54(71)65-47(30-17-18-32-58)55(72)67-33-19-31-50(67)51(68)48(64-38-42-26-13-5-14-27-42)37-44(43-28-15-6-16-29-43)57(66-56(61)62,52(69)45(59)34-39-20-7-2-8-21-39)53(70)46(60)35-40-22-9-3-10-23-40/h4-6,11-16,24-29,39-40,44-50,63-64H,2-3,7-10,17-23,30-38,58-60H2,1H3,(H,65,71)(H4,61,62,66)/t44?,45-,46+,47-,48?,49-,50-,57?/m0/s1. The molecule has 15 nitrogen and oxygen atoms in total. The number of guanidine groups is 1. The van der Waals surface area contributed by atoms with E-state index in [1.807, 2.05) is 91.0 Å². The van der Waals surface area contributed by atoms with Crippen LogP contribution in [0, 0.1) is 11.8 Å². The maximum atomic E-state index is 15.8. The number of amides is 2. The van der Waals surface area contributed by atoms with Gasteiger partial charge in [-0.2, -0.15) is 0 Å². The van der Waals surface area contributed by atoms with Crippen LogP contribution in [0.3, 0.4) is 0 Å². The number of Topliss-reactive ketones (excluding diaryl/α,β-unsaturated/α-hetero) is 3. The largest absolute Gasteiger partial charge is 0.370 e. The van der Waals surface area contributed by atoms with Gasteiger partial charge in [-0.15, -0.1) is 0 Å². The van der Waals surface area contributed by atoms with Gasteiger partial charge in [0.25, 0.3) is 0 Å². The third kappa shape index (κ3) is 15.1. The second-order valence-electron chi connectivity index (χ2n) is 20.8. The number of hydrogen-bond donors (Lipinski definition) is 8. The van der Waals surface area contributed by atoms with Crippen LogP contribution < -0.4 is 44.6 Å². The molecule has 3 aromatic rings. The van der Waals surface area contributed by atoms with E-state index in [9.17, 15) is 9.59 Å². The molecule has 2 aliphatic carbocycles. The average Bonchev–Trinajstić information content (AvgIpc) is 3.90. The number of benzene rings is 3. The zero-order valence-electron chi connectivity index (χ0n) is 42.7. The summed E-state index contributed by atoms with van der Waals surface area (Å²) >= 11 is 0. The molecule has 1 heterocycles. The van der Waals surface area contributed by atoms with Crippen molar-refractivity contribution in [2.45, 2.75) is 176 Å². The van der Waals surface area contributed by atoms with Crippen LogP contribution in [0.15, 0.2) is 96.0 Å². The molecule has 15 heteroatoms. The van der Waals surface area contributed by atoms with Crippen molar-refractivity contribution in [3.63, 3.8) is 0 Å². The number of rotatable bonds is 28. The number of carbonyl (C=O) groups is 5. The van der Waals surface area contributed by atoms with Crippen molar-refractivity contribution in [2.24, 2.45) is 45.5 Å². The van der Waals surface area contributed by atoms with Gasteiger partial charge in [-0.1, -0.05) is 155 Å². The van der Waals surface area contributed by atoms with E-state index in [1.165, 1.54) is 0 Å². The molecular formula is C57H84N10O5. The van der Waals surface area contributed by atoms with Crippen LogP contribution in [0.1, 0.15) is 138 Å². The molecular weight excluding hydrogens is 905 g/mol. The SMILES string of the molecule is CN[C@@H](Cc1ccccc1)C(=O)N[C@@H](CCCCN)C(=O)N1CCC[C@H]1C(=O)C(CC(c1ccccc1)C(N=C(N)N)(C(=O)[C@H](N)CC1CCCCC1)C(=O)[C@@H](N)CC1CCCCC1)NCc1ccccc1. The number of likely N-dealkylation sites (N-methyl/N-ethyl adjacent to an activating group) is 1. The summed E-state index contributed by atoms with van der Waals surface area (Å²) in [5.74, 6) is -3.42. The summed E-state index contributed by atoms with van der Waals surface area (Å²) in [6, 6.07) is 22.8. The maximum absolute atomic E-state index is 15.8. The molecule has 3 aliphatic rings. The highest BCUT2D eigenvalue weighted by molar-refractivity contribution is 6.17. The fourth-order valence-corrected chi connectivity index (χ4v) is 11.8. The summed E-state index contributed by atoms with van der Waals surface area (Å²) in [6.07, 6.45) is 13.6. The first-order valence-corrected chi connectivity index (χ1v) is 26.9. The van der Waals surface area contributed by atoms with Gasteiger partial charge in [0.1, 0.15) is 6.04 Å². The molecule has 1 saturated heterocycles. The fraction of sp³-hybridized carbons (Fsp3) is 0.579. The Morgan fingerprint density at radius 1 is 0.681 bits per heavy atom. The van der Waals surface area contributed by atoms with Crippen molar-refractivity contribution in [3.8, 4) is 0 Å². The van der Waals surface area contributed by atoms with Crippen molar-refractivity contribution in [1.82, 2.24) is 20.9 Å². The molecule has 13 N–H and O–H groups in total. The summed E-state index contributed by atoms with van der Waals surface area (Å²) in [6.45, 7) is 0.976. The molecule has 6 rings (SSSR count). The quantitative estimate of drug-likeness (QED) is 0.0205. The van der Waals surface area contributed by atoms with Gasteiger partial charge in [-0.25, -0.2) is 4.99 Å². The molecule has 0 radical (unpaired) electrons. The number of nitrogens with one attached hydrogen (secondary N) is 3. The second-order valence-corrected chi connectivity index (χ2v) is 20.8. The first-order valence-electron chi connectivity index (χ1n) is 26.9. The van der Waals surface area contributed by atoms with Gasteiger partial charge in [0.2, 0.25) is 11.8 Å². The molecule has 72 heavy (non-hydrogen) atoms. The normalized spacial score (nSPS) is 20.0. The van der Waals surface area contributed by atoms with Crippen LogP contribution in [-0.2, 0) is 36.9 Å². The molecule has 2 saturated carbocycles. The molecule has 0 bridgehead atoms. The number of carbonyl (C=O) groups excluding carboxylic acids is 5.